The van der Waals surface area contributed by atoms with Crippen LogP contribution in [-0.2, 0) is 24.2 Å². The van der Waals surface area contributed by atoms with Crippen molar-refractivity contribution in [2.24, 2.45) is 0 Å². The lowest BCUT2D eigenvalue weighted by atomic mass is 9.91. The van der Waals surface area contributed by atoms with Gasteiger partial charge in [-0.2, -0.15) is 4.98 Å². The Labute approximate surface area is 149 Å². The standard InChI is InChI=1S/C19H18N2O3S/c1-11(2)18-20-16(24-21-18)10-23-19(22)15-9-13-8-7-12-5-3-4-6-14(12)17(13)25-15/h3-6,9,11H,7-8,10H2,1-2H3. The van der Waals surface area contributed by atoms with Crippen molar-refractivity contribution in [3.63, 3.8) is 0 Å². The predicted octanol–water partition coefficient (Wildman–Crippen LogP) is 4.38. The number of thiophene rings is 1. The lowest BCUT2D eigenvalue weighted by molar-refractivity contribution is 0.0435. The van der Waals surface area contributed by atoms with Crippen molar-refractivity contribution < 1.29 is 14.1 Å². The minimum atomic E-state index is -0.346. The van der Waals surface area contributed by atoms with E-state index in [2.05, 4.69) is 28.3 Å². The monoisotopic (exact) mass is 354 g/mol. The van der Waals surface area contributed by atoms with Gasteiger partial charge >= 0.3 is 5.97 Å². The zero-order valence-electron chi connectivity index (χ0n) is 14.1. The molecule has 4 rings (SSSR count). The number of ether oxygens (including phenoxy) is 1. The largest absolute Gasteiger partial charge is 0.451 e. The molecule has 25 heavy (non-hydrogen) atoms. The molecule has 0 atom stereocenters. The van der Waals surface area contributed by atoms with Gasteiger partial charge in [-0.3, -0.25) is 0 Å². The van der Waals surface area contributed by atoms with Crippen molar-refractivity contribution in [1.82, 2.24) is 10.1 Å². The molecule has 3 aromatic rings. The van der Waals surface area contributed by atoms with Crippen LogP contribution in [0.15, 0.2) is 34.9 Å². The Morgan fingerprint density at radius 2 is 2.08 bits per heavy atom. The number of aromatic nitrogens is 2. The summed E-state index contributed by atoms with van der Waals surface area (Å²) in [7, 11) is 0. The summed E-state index contributed by atoms with van der Waals surface area (Å²) >= 11 is 1.49. The van der Waals surface area contributed by atoms with Gasteiger partial charge < -0.3 is 9.26 Å². The van der Waals surface area contributed by atoms with Gasteiger partial charge in [-0.1, -0.05) is 43.3 Å². The van der Waals surface area contributed by atoms with Gasteiger partial charge in [-0.15, -0.1) is 11.3 Å². The lowest BCUT2D eigenvalue weighted by Gasteiger charge is -2.15. The van der Waals surface area contributed by atoms with E-state index in [-0.39, 0.29) is 18.5 Å². The fourth-order valence-electron chi connectivity index (χ4n) is 2.93. The fourth-order valence-corrected chi connectivity index (χ4v) is 4.10. The van der Waals surface area contributed by atoms with Crippen molar-refractivity contribution in [2.75, 3.05) is 0 Å². The molecule has 5 nitrogen and oxygen atoms in total. The van der Waals surface area contributed by atoms with Crippen molar-refractivity contribution in [3.8, 4) is 10.4 Å². The van der Waals surface area contributed by atoms with Crippen LogP contribution in [0.5, 0.6) is 0 Å². The molecule has 1 aliphatic rings. The zero-order chi connectivity index (χ0) is 17.4. The molecule has 0 radical (unpaired) electrons. The van der Waals surface area contributed by atoms with E-state index >= 15 is 0 Å². The summed E-state index contributed by atoms with van der Waals surface area (Å²) in [5.41, 5.74) is 3.78. The fraction of sp³-hybridized carbons (Fsp3) is 0.316. The van der Waals surface area contributed by atoms with Crippen LogP contribution in [0.2, 0.25) is 0 Å². The summed E-state index contributed by atoms with van der Waals surface area (Å²) in [5, 5.41) is 3.87. The summed E-state index contributed by atoms with van der Waals surface area (Å²) in [6, 6.07) is 10.3. The molecule has 0 fully saturated rings. The zero-order valence-corrected chi connectivity index (χ0v) is 14.9. The van der Waals surface area contributed by atoms with E-state index in [1.807, 2.05) is 26.0 Å². The molecule has 2 heterocycles. The Kier molecular flexibility index (Phi) is 4.13. The highest BCUT2D eigenvalue weighted by Gasteiger charge is 2.22. The Hall–Kier alpha value is -2.47. The van der Waals surface area contributed by atoms with Gasteiger partial charge in [-0.05, 0) is 35.6 Å². The number of esters is 1. The molecule has 0 saturated carbocycles. The molecule has 1 aliphatic carbocycles. The highest BCUT2D eigenvalue weighted by molar-refractivity contribution is 7.17. The average Bonchev–Trinajstić information content (AvgIpc) is 3.26. The predicted molar refractivity (Wildman–Crippen MR) is 94.7 cm³/mol. The first-order valence-electron chi connectivity index (χ1n) is 8.32. The minimum absolute atomic E-state index is 0.00227. The second kappa shape index (κ2) is 6.44. The summed E-state index contributed by atoms with van der Waals surface area (Å²) < 4.78 is 10.5. The maximum absolute atomic E-state index is 12.4. The first-order chi connectivity index (χ1) is 12.1. The molecular weight excluding hydrogens is 336 g/mol. The molecule has 0 unspecified atom stereocenters. The number of rotatable bonds is 4. The van der Waals surface area contributed by atoms with Crippen molar-refractivity contribution in [2.45, 2.75) is 39.2 Å². The number of benzene rings is 1. The van der Waals surface area contributed by atoms with Crippen LogP contribution in [0.1, 0.15) is 52.3 Å². The number of nitrogens with zero attached hydrogens (tertiary/aromatic N) is 2. The third-order valence-electron chi connectivity index (χ3n) is 4.26. The SMILES string of the molecule is CC(C)c1noc(COC(=O)c2cc3c(s2)-c2ccccc2CC3)n1. The van der Waals surface area contributed by atoms with Gasteiger partial charge in [0.2, 0.25) is 0 Å². The molecule has 6 heteroatoms. The molecule has 0 N–H and O–H groups in total. The number of fused-ring (bicyclic) bond motifs is 3. The second-order valence-corrected chi connectivity index (χ2v) is 7.45. The molecule has 0 bridgehead atoms. The van der Waals surface area contributed by atoms with Gasteiger partial charge in [0, 0.05) is 10.8 Å². The topological polar surface area (TPSA) is 65.2 Å². The summed E-state index contributed by atoms with van der Waals surface area (Å²) in [4.78, 5) is 18.4. The number of carbonyl (C=O) groups is 1. The quantitative estimate of drug-likeness (QED) is 0.651. The third kappa shape index (κ3) is 3.09. The van der Waals surface area contributed by atoms with E-state index in [9.17, 15) is 4.79 Å². The Bertz CT molecular complexity index is 926. The van der Waals surface area contributed by atoms with Gasteiger partial charge in [-0.25, -0.2) is 4.79 Å². The number of hydrogen-bond donors (Lipinski definition) is 0. The van der Waals surface area contributed by atoms with Gasteiger partial charge in [0.1, 0.15) is 4.88 Å². The van der Waals surface area contributed by atoms with Crippen molar-refractivity contribution in [1.29, 1.82) is 0 Å². The second-order valence-electron chi connectivity index (χ2n) is 6.40. The van der Waals surface area contributed by atoms with E-state index in [0.717, 1.165) is 12.8 Å². The maximum Gasteiger partial charge on any atom is 0.348 e. The van der Waals surface area contributed by atoms with Crippen LogP contribution in [-0.4, -0.2) is 16.1 Å². The highest BCUT2D eigenvalue weighted by atomic mass is 32.1. The van der Waals surface area contributed by atoms with Crippen LogP contribution in [0.3, 0.4) is 0 Å². The van der Waals surface area contributed by atoms with E-state index in [1.165, 1.54) is 32.9 Å². The Morgan fingerprint density at radius 3 is 2.88 bits per heavy atom. The van der Waals surface area contributed by atoms with Crippen molar-refractivity contribution >= 4 is 17.3 Å². The van der Waals surface area contributed by atoms with E-state index in [4.69, 9.17) is 9.26 Å². The van der Waals surface area contributed by atoms with Crippen LogP contribution in [0, 0.1) is 0 Å². The molecule has 2 aromatic heterocycles. The normalized spacial score (nSPS) is 12.8. The Morgan fingerprint density at radius 1 is 1.28 bits per heavy atom. The van der Waals surface area contributed by atoms with E-state index < -0.39 is 0 Å². The van der Waals surface area contributed by atoms with Gasteiger partial charge in [0.25, 0.3) is 5.89 Å². The van der Waals surface area contributed by atoms with E-state index in [0.29, 0.717) is 16.6 Å². The maximum atomic E-state index is 12.4. The number of carbonyl (C=O) groups excluding carboxylic acids is 1. The lowest BCUT2D eigenvalue weighted by Crippen LogP contribution is -2.03. The average molecular weight is 354 g/mol. The van der Waals surface area contributed by atoms with Gasteiger partial charge in [0.15, 0.2) is 12.4 Å². The first kappa shape index (κ1) is 16.0. The summed E-state index contributed by atoms with van der Waals surface area (Å²) in [6.45, 7) is 3.96. The highest BCUT2D eigenvalue weighted by Crippen LogP contribution is 2.39. The van der Waals surface area contributed by atoms with Crippen LogP contribution < -0.4 is 0 Å². The molecule has 0 saturated heterocycles. The molecule has 128 valence electrons. The number of aryl methyl sites for hydroxylation is 2. The molecule has 0 aliphatic heterocycles. The Balaban J connectivity index is 1.49. The van der Waals surface area contributed by atoms with Crippen LogP contribution in [0.4, 0.5) is 0 Å². The smallest absolute Gasteiger partial charge is 0.348 e. The number of hydrogen-bond acceptors (Lipinski definition) is 6. The first-order valence-corrected chi connectivity index (χ1v) is 9.14. The molecule has 0 spiro atoms. The molecule has 1 aromatic carbocycles. The molecule has 0 amide bonds. The van der Waals surface area contributed by atoms with Crippen LogP contribution in [0.25, 0.3) is 10.4 Å². The van der Waals surface area contributed by atoms with Crippen LogP contribution >= 0.6 is 11.3 Å². The summed E-state index contributed by atoms with van der Waals surface area (Å²) in [5.74, 6) is 0.774. The van der Waals surface area contributed by atoms with E-state index in [1.54, 1.807) is 0 Å². The van der Waals surface area contributed by atoms with Crippen molar-refractivity contribution in [3.05, 3.63) is 58.1 Å². The van der Waals surface area contributed by atoms with Gasteiger partial charge in [0.05, 0.1) is 0 Å². The minimum Gasteiger partial charge on any atom is -0.451 e. The molecular formula is C19H18N2O3S. The third-order valence-corrected chi connectivity index (χ3v) is 5.45. The summed E-state index contributed by atoms with van der Waals surface area (Å²) in [6.07, 6.45) is 1.96.